The van der Waals surface area contributed by atoms with Crippen LogP contribution in [-0.2, 0) is 0 Å². The molecule has 0 aliphatic rings. The molecule has 0 atom stereocenters. The molecule has 32 heavy (non-hydrogen) atoms. The molecular weight excluding hydrogens is 402 g/mol. The summed E-state index contributed by atoms with van der Waals surface area (Å²) in [6, 6.07) is 21.2. The second kappa shape index (κ2) is 10.7. The van der Waals surface area contributed by atoms with Gasteiger partial charge in [0.05, 0.1) is 21.3 Å². The number of rotatable bonds is 3. The molecule has 0 aromatic heterocycles. The molecule has 0 heterocycles. The highest BCUT2D eigenvalue weighted by molar-refractivity contribution is 6.95. The zero-order valence-corrected chi connectivity index (χ0v) is 18.1. The van der Waals surface area contributed by atoms with E-state index >= 15 is 4.32 Å². The number of benzene rings is 3. The van der Waals surface area contributed by atoms with Gasteiger partial charge in [0.15, 0.2) is 0 Å². The molecule has 0 bridgehead atoms. The van der Waals surface area contributed by atoms with Crippen molar-refractivity contribution >= 4 is 6.42 Å². The van der Waals surface area contributed by atoms with Crippen molar-refractivity contribution in [3.8, 4) is 52.5 Å². The van der Waals surface area contributed by atoms with Gasteiger partial charge < -0.3 is 18.5 Å². The fourth-order valence-corrected chi connectivity index (χ4v) is 2.68. The van der Waals surface area contributed by atoms with Crippen LogP contribution in [0.4, 0.5) is 4.32 Å². The molecule has 3 rings (SSSR count). The molecule has 158 valence electrons. The highest BCUT2D eigenvalue weighted by Gasteiger charge is 2.14. The normalized spacial score (nSPS) is 9.75. The molecule has 0 unspecified atom stereocenters. The zero-order chi connectivity index (χ0) is 22.8. The summed E-state index contributed by atoms with van der Waals surface area (Å²) < 4.78 is 31.2. The SMILES string of the molecule is COc1ccc(C#C[B-](F)(C#Cc2ccc(OC)cc2)C#Cc2ccc(OC)cc2)cc1. The fourth-order valence-electron chi connectivity index (χ4n) is 2.68. The van der Waals surface area contributed by atoms with Crippen LogP contribution in [-0.4, -0.2) is 27.8 Å². The van der Waals surface area contributed by atoms with Crippen molar-refractivity contribution in [2.45, 2.75) is 0 Å². The number of hydrogen-bond donors (Lipinski definition) is 0. The van der Waals surface area contributed by atoms with Crippen LogP contribution in [0.3, 0.4) is 0 Å². The Morgan fingerprint density at radius 1 is 0.500 bits per heavy atom. The number of halogens is 1. The van der Waals surface area contributed by atoms with Crippen molar-refractivity contribution in [1.29, 1.82) is 0 Å². The van der Waals surface area contributed by atoms with E-state index in [9.17, 15) is 0 Å². The van der Waals surface area contributed by atoms with Gasteiger partial charge in [-0.15, -0.1) is 17.8 Å². The first-order chi connectivity index (χ1) is 15.5. The van der Waals surface area contributed by atoms with Gasteiger partial charge in [0.2, 0.25) is 0 Å². The number of hydrogen-bond acceptors (Lipinski definition) is 3. The van der Waals surface area contributed by atoms with Gasteiger partial charge in [-0.2, -0.15) is 0 Å². The molecule has 0 radical (unpaired) electrons. The molecule has 0 amide bonds. The monoisotopic (exact) mass is 423 g/mol. The predicted molar refractivity (Wildman–Crippen MR) is 126 cm³/mol. The van der Waals surface area contributed by atoms with Crippen molar-refractivity contribution in [3.63, 3.8) is 0 Å². The molecule has 0 spiro atoms. The Balaban J connectivity index is 1.95. The number of ether oxygens (including phenoxy) is 3. The van der Waals surface area contributed by atoms with Crippen LogP contribution in [0.15, 0.2) is 72.8 Å². The van der Waals surface area contributed by atoms with E-state index in [1.165, 1.54) is 0 Å². The Kier molecular flexibility index (Phi) is 7.48. The summed E-state index contributed by atoms with van der Waals surface area (Å²) in [5.41, 5.74) is 1.94. The fraction of sp³-hybridized carbons (Fsp3) is 0.111. The number of methoxy groups -OCH3 is 3. The standard InChI is InChI=1S/C27H21BFO3/c1-30-25-10-4-22(5-11-25)16-19-28(29,20-17-23-6-12-26(31-2)13-7-23)21-18-24-8-14-27(32-3)15-9-24/h4-15H,1-3H3/q-1. The maximum absolute atomic E-state index is 15.8. The largest absolute Gasteiger partial charge is 0.497 e. The lowest BCUT2D eigenvalue weighted by Gasteiger charge is -2.12. The Bertz CT molecular complexity index is 1070. The summed E-state index contributed by atoms with van der Waals surface area (Å²) in [4.78, 5) is 0. The average molecular weight is 423 g/mol. The first-order valence-corrected chi connectivity index (χ1v) is 9.89. The second-order valence-corrected chi connectivity index (χ2v) is 6.75. The molecular formula is C27H21BFO3-. The molecule has 5 heteroatoms. The molecule has 3 aromatic rings. The van der Waals surface area contributed by atoms with Crippen molar-refractivity contribution < 1.29 is 18.5 Å². The highest BCUT2D eigenvalue weighted by atomic mass is 19.1. The molecule has 0 saturated heterocycles. The Morgan fingerprint density at radius 3 is 0.969 bits per heavy atom. The third-order valence-corrected chi connectivity index (χ3v) is 4.52. The van der Waals surface area contributed by atoms with Crippen LogP contribution < -0.4 is 14.2 Å². The lowest BCUT2D eigenvalue weighted by atomic mass is 9.46. The van der Waals surface area contributed by atoms with Crippen LogP contribution in [0.5, 0.6) is 17.2 Å². The minimum atomic E-state index is -3.10. The summed E-state index contributed by atoms with van der Waals surface area (Å²) in [7, 11) is 4.75. The van der Waals surface area contributed by atoms with E-state index < -0.39 is 6.42 Å². The maximum Gasteiger partial charge on any atom is 0.358 e. The van der Waals surface area contributed by atoms with Crippen LogP contribution in [0.1, 0.15) is 16.7 Å². The Morgan fingerprint density at radius 2 is 0.750 bits per heavy atom. The Labute approximate surface area is 188 Å². The van der Waals surface area contributed by atoms with Gasteiger partial charge in [-0.05, 0) is 72.8 Å². The smallest absolute Gasteiger partial charge is 0.358 e. The lowest BCUT2D eigenvalue weighted by molar-refractivity contribution is 0.414. The van der Waals surface area contributed by atoms with Gasteiger partial charge in [-0.25, -0.2) is 17.5 Å². The average Bonchev–Trinajstić information content (AvgIpc) is 2.86. The van der Waals surface area contributed by atoms with Gasteiger partial charge in [-0.3, -0.25) is 0 Å². The van der Waals surface area contributed by atoms with Gasteiger partial charge in [-0.1, -0.05) is 0 Å². The minimum absolute atomic E-state index is 0.646. The zero-order valence-electron chi connectivity index (χ0n) is 18.1. The topological polar surface area (TPSA) is 27.7 Å². The Hall–Kier alpha value is -4.27. The highest BCUT2D eigenvalue weighted by Crippen LogP contribution is 2.13. The molecule has 0 aliphatic heterocycles. The van der Waals surface area contributed by atoms with E-state index in [0.29, 0.717) is 33.9 Å². The first-order valence-electron chi connectivity index (χ1n) is 9.89. The summed E-state index contributed by atoms with van der Waals surface area (Å²) in [6.45, 7) is 0. The quantitative estimate of drug-likeness (QED) is 0.452. The van der Waals surface area contributed by atoms with E-state index in [1.807, 2.05) is 0 Å². The minimum Gasteiger partial charge on any atom is -0.497 e. The van der Waals surface area contributed by atoms with Gasteiger partial charge in [0.25, 0.3) is 0 Å². The summed E-state index contributed by atoms with van der Waals surface area (Å²) in [5.74, 6) is 18.6. The van der Waals surface area contributed by atoms with Crippen molar-refractivity contribution in [2.75, 3.05) is 21.3 Å². The van der Waals surface area contributed by atoms with Crippen LogP contribution in [0.25, 0.3) is 0 Å². The first kappa shape index (κ1) is 22.4. The summed E-state index contributed by atoms with van der Waals surface area (Å²) in [5, 5.41) is 0. The van der Waals surface area contributed by atoms with Crippen molar-refractivity contribution in [3.05, 3.63) is 89.5 Å². The van der Waals surface area contributed by atoms with Gasteiger partial charge >= 0.3 is 6.42 Å². The third kappa shape index (κ3) is 6.37. The van der Waals surface area contributed by atoms with E-state index in [2.05, 4.69) is 35.2 Å². The van der Waals surface area contributed by atoms with Gasteiger partial charge in [0.1, 0.15) is 17.2 Å². The van der Waals surface area contributed by atoms with Gasteiger partial charge in [0, 0.05) is 16.7 Å². The van der Waals surface area contributed by atoms with Crippen LogP contribution in [0, 0.1) is 35.2 Å². The second-order valence-electron chi connectivity index (χ2n) is 6.75. The van der Waals surface area contributed by atoms with Crippen LogP contribution in [0.2, 0.25) is 0 Å². The molecule has 3 nitrogen and oxygen atoms in total. The van der Waals surface area contributed by atoms with E-state index in [0.717, 1.165) is 0 Å². The molecule has 0 N–H and O–H groups in total. The van der Waals surface area contributed by atoms with E-state index in [4.69, 9.17) is 14.2 Å². The van der Waals surface area contributed by atoms with E-state index in [1.54, 1.807) is 94.1 Å². The van der Waals surface area contributed by atoms with Crippen molar-refractivity contribution in [1.82, 2.24) is 0 Å². The molecule has 0 saturated carbocycles. The molecule has 3 aromatic carbocycles. The lowest BCUT2D eigenvalue weighted by Crippen LogP contribution is -2.23. The van der Waals surface area contributed by atoms with E-state index in [-0.39, 0.29) is 0 Å². The third-order valence-electron chi connectivity index (χ3n) is 4.52. The summed E-state index contributed by atoms with van der Waals surface area (Å²) >= 11 is 0. The van der Waals surface area contributed by atoms with Crippen LogP contribution >= 0.6 is 0 Å². The maximum atomic E-state index is 15.8. The summed E-state index contributed by atoms with van der Waals surface area (Å²) in [6.07, 6.45) is -3.10. The van der Waals surface area contributed by atoms with Crippen molar-refractivity contribution in [2.24, 2.45) is 0 Å². The predicted octanol–water partition coefficient (Wildman–Crippen LogP) is 4.70. The molecule has 0 aliphatic carbocycles. The molecule has 0 fully saturated rings.